The van der Waals surface area contributed by atoms with Gasteiger partial charge >= 0.3 is 0 Å². The van der Waals surface area contributed by atoms with Crippen molar-refractivity contribution in [1.29, 1.82) is 0 Å². The van der Waals surface area contributed by atoms with Gasteiger partial charge in [-0.2, -0.15) is 10.2 Å². The molecule has 0 radical (unpaired) electrons. The molecule has 0 atom stereocenters. The van der Waals surface area contributed by atoms with Crippen molar-refractivity contribution in [3.05, 3.63) is 82.6 Å². The van der Waals surface area contributed by atoms with Gasteiger partial charge < -0.3 is 5.73 Å². The van der Waals surface area contributed by atoms with Crippen molar-refractivity contribution in [2.45, 2.75) is 5.75 Å². The largest absolute Gasteiger partial charge is 0.377 e. The molecule has 126 valence electrons. The first-order chi connectivity index (χ1) is 12.2. The average molecular weight is 414 g/mol. The second kappa shape index (κ2) is 8.64. The summed E-state index contributed by atoms with van der Waals surface area (Å²) in [5, 5.41) is 12.9. The normalized spacial score (nSPS) is 12.0. The molecule has 25 heavy (non-hydrogen) atoms. The molecule has 3 rings (SSSR count). The molecule has 2 aromatic carbocycles. The molecule has 0 amide bonds. The van der Waals surface area contributed by atoms with Crippen LogP contribution < -0.4 is 5.73 Å². The van der Waals surface area contributed by atoms with E-state index in [1.165, 1.54) is 17.3 Å². The quantitative estimate of drug-likeness (QED) is 0.386. The number of para-hydroxylation sites is 1. The van der Waals surface area contributed by atoms with Crippen LogP contribution in [0.2, 0.25) is 0 Å². The number of nitrogens with two attached hydrogens (primary N) is 1. The van der Waals surface area contributed by atoms with Crippen LogP contribution in [0, 0.1) is 0 Å². The molecule has 7 heteroatoms. The van der Waals surface area contributed by atoms with E-state index < -0.39 is 0 Å². The Labute approximate surface area is 158 Å². The lowest BCUT2D eigenvalue weighted by Gasteiger charge is -2.04. The van der Waals surface area contributed by atoms with E-state index in [4.69, 9.17) is 5.73 Å². The van der Waals surface area contributed by atoms with Crippen LogP contribution in [0.4, 0.5) is 0 Å². The minimum Gasteiger partial charge on any atom is -0.377 e. The number of amidine groups is 1. The van der Waals surface area contributed by atoms with E-state index in [-0.39, 0.29) is 0 Å². The minimum atomic E-state index is 0.430. The molecule has 3 aromatic rings. The van der Waals surface area contributed by atoms with E-state index >= 15 is 0 Å². The number of thioether (sulfide) groups is 1. The molecule has 0 aliphatic rings. The highest BCUT2D eigenvalue weighted by Crippen LogP contribution is 2.16. The van der Waals surface area contributed by atoms with Crippen LogP contribution >= 0.6 is 27.7 Å². The third kappa shape index (κ3) is 5.04. The fraction of sp³-hybridized carbons (Fsp3) is 0.0556. The molecule has 1 heterocycles. The van der Waals surface area contributed by atoms with E-state index in [1.54, 1.807) is 17.1 Å². The van der Waals surface area contributed by atoms with Gasteiger partial charge in [-0.05, 0) is 27.6 Å². The van der Waals surface area contributed by atoms with E-state index in [9.17, 15) is 0 Å². The van der Waals surface area contributed by atoms with Crippen molar-refractivity contribution in [2.24, 2.45) is 15.9 Å². The van der Waals surface area contributed by atoms with E-state index in [0.29, 0.717) is 5.17 Å². The molecule has 0 saturated heterocycles. The summed E-state index contributed by atoms with van der Waals surface area (Å²) in [5.74, 6) is 0.767. The van der Waals surface area contributed by atoms with E-state index in [1.807, 2.05) is 48.7 Å². The Bertz CT molecular complexity index is 889. The number of benzene rings is 2. The number of nitrogens with zero attached hydrogens (tertiary/aromatic N) is 4. The van der Waals surface area contributed by atoms with Gasteiger partial charge in [0.15, 0.2) is 5.17 Å². The summed E-state index contributed by atoms with van der Waals surface area (Å²) in [4.78, 5) is 0. The predicted molar refractivity (Wildman–Crippen MR) is 108 cm³/mol. The summed E-state index contributed by atoms with van der Waals surface area (Å²) in [6, 6.07) is 17.9. The number of aromatic nitrogens is 2. The lowest BCUT2D eigenvalue weighted by molar-refractivity contribution is 0.879. The Kier molecular flexibility index (Phi) is 6.03. The van der Waals surface area contributed by atoms with Crippen LogP contribution in [0.15, 0.2) is 81.7 Å². The Hall–Kier alpha value is -2.38. The fourth-order valence-corrected chi connectivity index (χ4v) is 3.04. The molecular weight excluding hydrogens is 398 g/mol. The van der Waals surface area contributed by atoms with Crippen LogP contribution in [0.5, 0.6) is 0 Å². The predicted octanol–water partition coefficient (Wildman–Crippen LogP) is 4.22. The third-order valence-corrected chi connectivity index (χ3v) is 4.58. The van der Waals surface area contributed by atoms with Crippen molar-refractivity contribution in [2.75, 3.05) is 0 Å². The molecule has 1 aromatic heterocycles. The number of rotatable bonds is 5. The Balaban J connectivity index is 1.67. The molecular formula is C18H16BrN5S. The number of hydrogen-bond acceptors (Lipinski definition) is 4. The number of halogens is 1. The maximum absolute atomic E-state index is 5.91. The van der Waals surface area contributed by atoms with Gasteiger partial charge in [0.25, 0.3) is 0 Å². The van der Waals surface area contributed by atoms with Crippen LogP contribution in [0.25, 0.3) is 5.69 Å². The first-order valence-corrected chi connectivity index (χ1v) is 9.33. The smallest absolute Gasteiger partial charge is 0.180 e. The van der Waals surface area contributed by atoms with Gasteiger partial charge in [-0.3, -0.25) is 0 Å². The standard InChI is InChI=1S/C18H16BrN5S/c19-16-11-22-24(12-16)17-9-5-4-8-15(17)10-21-23-18(20)25-13-14-6-2-1-3-7-14/h1-12H,13H2,(H2,20,23). The highest BCUT2D eigenvalue weighted by atomic mass is 79.9. The first-order valence-electron chi connectivity index (χ1n) is 7.55. The Morgan fingerprint density at radius 1 is 1.16 bits per heavy atom. The third-order valence-electron chi connectivity index (χ3n) is 3.32. The number of hydrogen-bond donors (Lipinski definition) is 1. The molecule has 0 saturated carbocycles. The van der Waals surface area contributed by atoms with Crippen LogP contribution in [0.3, 0.4) is 0 Å². The molecule has 0 fully saturated rings. The summed E-state index contributed by atoms with van der Waals surface area (Å²) < 4.78 is 2.70. The zero-order valence-electron chi connectivity index (χ0n) is 13.3. The highest BCUT2D eigenvalue weighted by molar-refractivity contribution is 9.10. The lowest BCUT2D eigenvalue weighted by Crippen LogP contribution is -2.06. The fourth-order valence-electron chi connectivity index (χ4n) is 2.15. The second-order valence-electron chi connectivity index (χ2n) is 5.12. The van der Waals surface area contributed by atoms with E-state index in [0.717, 1.165) is 21.5 Å². The van der Waals surface area contributed by atoms with Crippen LogP contribution in [0.1, 0.15) is 11.1 Å². The van der Waals surface area contributed by atoms with Crippen molar-refractivity contribution >= 4 is 39.1 Å². The summed E-state index contributed by atoms with van der Waals surface area (Å²) in [7, 11) is 0. The zero-order chi connectivity index (χ0) is 17.5. The minimum absolute atomic E-state index is 0.430. The summed E-state index contributed by atoms with van der Waals surface area (Å²) >= 11 is 4.86. The Morgan fingerprint density at radius 3 is 2.68 bits per heavy atom. The molecule has 2 N–H and O–H groups in total. The van der Waals surface area contributed by atoms with Gasteiger partial charge in [-0.15, -0.1) is 5.10 Å². The summed E-state index contributed by atoms with van der Waals surface area (Å²) in [6.07, 6.45) is 5.31. The zero-order valence-corrected chi connectivity index (χ0v) is 15.7. The van der Waals surface area contributed by atoms with Crippen molar-refractivity contribution in [1.82, 2.24) is 9.78 Å². The molecule has 0 spiro atoms. The second-order valence-corrected chi connectivity index (χ2v) is 7.03. The van der Waals surface area contributed by atoms with Crippen molar-refractivity contribution in [3.8, 4) is 5.69 Å². The van der Waals surface area contributed by atoms with Gasteiger partial charge in [0.2, 0.25) is 0 Å². The Morgan fingerprint density at radius 2 is 1.92 bits per heavy atom. The van der Waals surface area contributed by atoms with Gasteiger partial charge in [-0.25, -0.2) is 4.68 Å². The summed E-state index contributed by atoms with van der Waals surface area (Å²) in [5.41, 5.74) is 8.94. The topological polar surface area (TPSA) is 68.6 Å². The van der Waals surface area contributed by atoms with Crippen LogP contribution in [-0.2, 0) is 5.75 Å². The monoisotopic (exact) mass is 413 g/mol. The average Bonchev–Trinajstić information content (AvgIpc) is 3.07. The van der Waals surface area contributed by atoms with E-state index in [2.05, 4.69) is 43.4 Å². The van der Waals surface area contributed by atoms with Crippen LogP contribution in [-0.4, -0.2) is 21.2 Å². The maximum Gasteiger partial charge on any atom is 0.180 e. The van der Waals surface area contributed by atoms with Gasteiger partial charge in [0.1, 0.15) is 0 Å². The maximum atomic E-state index is 5.91. The SMILES string of the molecule is NC(=NN=Cc1ccccc1-n1cc(Br)cn1)SCc1ccccc1. The lowest BCUT2D eigenvalue weighted by atomic mass is 10.2. The van der Waals surface area contributed by atoms with Gasteiger partial charge in [0.05, 0.1) is 22.6 Å². The molecule has 0 unspecified atom stereocenters. The molecule has 5 nitrogen and oxygen atoms in total. The van der Waals surface area contributed by atoms with Crippen molar-refractivity contribution < 1.29 is 0 Å². The molecule has 0 bridgehead atoms. The summed E-state index contributed by atoms with van der Waals surface area (Å²) in [6.45, 7) is 0. The van der Waals surface area contributed by atoms with Gasteiger partial charge in [-0.1, -0.05) is 60.3 Å². The van der Waals surface area contributed by atoms with Gasteiger partial charge in [0, 0.05) is 17.5 Å². The molecule has 0 aliphatic carbocycles. The molecule has 0 aliphatic heterocycles. The highest BCUT2D eigenvalue weighted by Gasteiger charge is 2.03. The first kappa shape index (κ1) is 17.4. The van der Waals surface area contributed by atoms with Crippen molar-refractivity contribution in [3.63, 3.8) is 0 Å².